The number of hydrogen-bond acceptors (Lipinski definition) is 7. The number of urea groups is 1. The number of nitrogens with two attached hydrogens (primary N) is 1. The quantitative estimate of drug-likeness (QED) is 0.217. The zero-order chi connectivity index (χ0) is 31.8. The van der Waals surface area contributed by atoms with Crippen molar-refractivity contribution in [3.05, 3.63) is 0 Å². The van der Waals surface area contributed by atoms with Gasteiger partial charge in [0.25, 0.3) is 0 Å². The van der Waals surface area contributed by atoms with E-state index < -0.39 is 65.2 Å². The summed E-state index contributed by atoms with van der Waals surface area (Å²) in [5.74, 6) is -1.78. The zero-order valence-electron chi connectivity index (χ0n) is 26.2. The monoisotopic (exact) mass is 594 g/mol. The summed E-state index contributed by atoms with van der Waals surface area (Å²) in [6, 6.07) is -3.57. The number of piperidine rings is 1. The van der Waals surface area contributed by atoms with Crippen molar-refractivity contribution in [2.24, 2.45) is 28.9 Å². The molecule has 0 aromatic carbocycles. The SMILES string of the molecule is CC(C)(C)NC(=O)N[C@@H](CNC(=O)OC(C)(C)C)C(=O)N1CC2C([C@H]1C(=O)NC(CC1CCC1)C(O)C(N)=O)C2(C)C. The van der Waals surface area contributed by atoms with Gasteiger partial charge in [0.1, 0.15) is 17.7 Å². The molecule has 0 aromatic rings. The van der Waals surface area contributed by atoms with E-state index in [1.54, 1.807) is 41.5 Å². The van der Waals surface area contributed by atoms with Crippen LogP contribution in [0.1, 0.15) is 81.1 Å². The molecule has 7 N–H and O–H groups in total. The lowest BCUT2D eigenvalue weighted by Gasteiger charge is -2.36. The highest BCUT2D eigenvalue weighted by Crippen LogP contribution is 2.64. The fourth-order valence-electron chi connectivity index (χ4n) is 6.07. The van der Waals surface area contributed by atoms with Crippen LogP contribution < -0.4 is 27.0 Å². The van der Waals surface area contributed by atoms with Gasteiger partial charge in [-0.25, -0.2) is 9.59 Å². The van der Waals surface area contributed by atoms with Gasteiger partial charge in [-0.15, -0.1) is 0 Å². The number of nitrogens with zero attached hydrogens (tertiary/aromatic N) is 1. The lowest BCUT2D eigenvalue weighted by atomic mass is 9.79. The Bertz CT molecular complexity index is 1060. The summed E-state index contributed by atoms with van der Waals surface area (Å²) < 4.78 is 5.29. The minimum Gasteiger partial charge on any atom is -0.444 e. The van der Waals surface area contributed by atoms with Crippen LogP contribution in [0.4, 0.5) is 9.59 Å². The number of amides is 6. The number of hydrogen-bond donors (Lipinski definition) is 6. The minimum atomic E-state index is -1.56. The van der Waals surface area contributed by atoms with E-state index >= 15 is 0 Å². The predicted molar refractivity (Wildman–Crippen MR) is 155 cm³/mol. The Morgan fingerprint density at radius 1 is 1.05 bits per heavy atom. The first kappa shape index (κ1) is 33.4. The smallest absolute Gasteiger partial charge is 0.407 e. The molecule has 6 amide bonds. The molecule has 238 valence electrons. The summed E-state index contributed by atoms with van der Waals surface area (Å²) in [6.45, 7) is 14.6. The number of fused-ring (bicyclic) bond motifs is 1. The van der Waals surface area contributed by atoms with Crippen molar-refractivity contribution in [1.29, 1.82) is 0 Å². The van der Waals surface area contributed by atoms with Crippen molar-refractivity contribution in [1.82, 2.24) is 26.2 Å². The largest absolute Gasteiger partial charge is 0.444 e. The highest BCUT2D eigenvalue weighted by Gasteiger charge is 2.69. The van der Waals surface area contributed by atoms with Gasteiger partial charge in [-0.3, -0.25) is 14.4 Å². The van der Waals surface area contributed by atoms with Gasteiger partial charge in [0.05, 0.1) is 12.6 Å². The normalized spacial score (nSPS) is 25.2. The molecule has 3 fully saturated rings. The van der Waals surface area contributed by atoms with Gasteiger partial charge in [0, 0.05) is 12.1 Å². The molecule has 42 heavy (non-hydrogen) atoms. The van der Waals surface area contributed by atoms with Crippen molar-refractivity contribution in [3.63, 3.8) is 0 Å². The lowest BCUT2D eigenvalue weighted by Crippen LogP contribution is -2.62. The van der Waals surface area contributed by atoms with E-state index in [1.165, 1.54) is 4.90 Å². The Balaban J connectivity index is 1.82. The molecule has 1 saturated heterocycles. The molecule has 3 aliphatic rings. The molecule has 1 heterocycles. The van der Waals surface area contributed by atoms with Crippen LogP contribution in [0.3, 0.4) is 0 Å². The molecule has 13 nitrogen and oxygen atoms in total. The van der Waals surface area contributed by atoms with Crippen molar-refractivity contribution >= 4 is 29.8 Å². The third kappa shape index (κ3) is 8.26. The summed E-state index contributed by atoms with van der Waals surface area (Å²) in [7, 11) is 0. The molecule has 6 atom stereocenters. The number of ether oxygens (including phenoxy) is 1. The third-order valence-electron chi connectivity index (χ3n) is 8.51. The van der Waals surface area contributed by atoms with Crippen LogP contribution in [-0.2, 0) is 19.1 Å². The van der Waals surface area contributed by atoms with E-state index in [-0.39, 0.29) is 36.3 Å². The molecular formula is C29H50N6O7. The zero-order valence-corrected chi connectivity index (χ0v) is 26.2. The van der Waals surface area contributed by atoms with Crippen molar-refractivity contribution in [3.8, 4) is 0 Å². The molecule has 0 bridgehead atoms. The topological polar surface area (TPSA) is 192 Å². The van der Waals surface area contributed by atoms with Crippen LogP contribution in [0.15, 0.2) is 0 Å². The second kappa shape index (κ2) is 12.3. The van der Waals surface area contributed by atoms with Crippen LogP contribution in [-0.4, -0.2) is 88.3 Å². The van der Waals surface area contributed by atoms with E-state index in [1.807, 2.05) is 13.8 Å². The molecule has 13 heteroatoms. The van der Waals surface area contributed by atoms with Crippen LogP contribution >= 0.6 is 0 Å². The fourth-order valence-corrected chi connectivity index (χ4v) is 6.07. The van der Waals surface area contributed by atoms with Gasteiger partial charge in [-0.2, -0.15) is 0 Å². The molecule has 1 aliphatic heterocycles. The van der Waals surface area contributed by atoms with Gasteiger partial charge >= 0.3 is 12.1 Å². The molecule has 0 aromatic heterocycles. The van der Waals surface area contributed by atoms with E-state index in [2.05, 4.69) is 21.3 Å². The summed E-state index contributed by atoms with van der Waals surface area (Å²) in [6.07, 6.45) is 1.03. The molecule has 2 saturated carbocycles. The van der Waals surface area contributed by atoms with E-state index in [4.69, 9.17) is 10.5 Å². The van der Waals surface area contributed by atoms with Gasteiger partial charge < -0.3 is 41.7 Å². The Kier molecular flexibility index (Phi) is 9.75. The van der Waals surface area contributed by atoms with Crippen LogP contribution in [0.2, 0.25) is 0 Å². The highest BCUT2D eigenvalue weighted by atomic mass is 16.6. The number of aliphatic hydroxyl groups excluding tert-OH is 1. The Morgan fingerprint density at radius 3 is 2.17 bits per heavy atom. The summed E-state index contributed by atoms with van der Waals surface area (Å²) in [5.41, 5.74) is 3.83. The maximum atomic E-state index is 14.0. The molecule has 0 radical (unpaired) electrons. The number of carbonyl (C=O) groups excluding carboxylic acids is 5. The van der Waals surface area contributed by atoms with E-state index in [0.29, 0.717) is 6.42 Å². The Hall–Kier alpha value is -3.09. The first-order chi connectivity index (χ1) is 19.2. The summed E-state index contributed by atoms with van der Waals surface area (Å²) in [5, 5.41) is 21.3. The van der Waals surface area contributed by atoms with Gasteiger partial charge in [0.2, 0.25) is 17.7 Å². The average Bonchev–Trinajstić information content (AvgIpc) is 3.12. The number of primary amides is 1. The first-order valence-corrected chi connectivity index (χ1v) is 14.8. The number of aliphatic hydroxyl groups is 1. The fraction of sp³-hybridized carbons (Fsp3) is 0.828. The van der Waals surface area contributed by atoms with Crippen molar-refractivity contribution in [2.75, 3.05) is 13.1 Å². The Morgan fingerprint density at radius 2 is 1.67 bits per heavy atom. The van der Waals surface area contributed by atoms with Crippen LogP contribution in [0.25, 0.3) is 0 Å². The maximum absolute atomic E-state index is 14.0. The molecule has 0 spiro atoms. The molecule has 2 aliphatic carbocycles. The van der Waals surface area contributed by atoms with Gasteiger partial charge in [-0.05, 0) is 71.1 Å². The number of carbonyl (C=O) groups is 5. The minimum absolute atomic E-state index is 0.0474. The molecule has 3 rings (SSSR count). The average molecular weight is 595 g/mol. The highest BCUT2D eigenvalue weighted by molar-refractivity contribution is 5.94. The first-order valence-electron chi connectivity index (χ1n) is 14.8. The Labute approximate surface area is 248 Å². The molecular weight excluding hydrogens is 544 g/mol. The summed E-state index contributed by atoms with van der Waals surface area (Å²) in [4.78, 5) is 66.2. The van der Waals surface area contributed by atoms with Crippen molar-refractivity contribution < 1.29 is 33.8 Å². The number of alkyl carbamates (subject to hydrolysis) is 1. The maximum Gasteiger partial charge on any atom is 0.407 e. The summed E-state index contributed by atoms with van der Waals surface area (Å²) >= 11 is 0. The predicted octanol–water partition coefficient (Wildman–Crippen LogP) is 0.982. The number of likely N-dealkylation sites (tertiary alicyclic amines) is 1. The van der Waals surface area contributed by atoms with E-state index in [9.17, 15) is 29.1 Å². The van der Waals surface area contributed by atoms with Gasteiger partial charge in [-0.1, -0.05) is 33.1 Å². The van der Waals surface area contributed by atoms with Gasteiger partial charge in [0.15, 0.2) is 6.10 Å². The third-order valence-corrected chi connectivity index (χ3v) is 8.51. The molecule has 4 unspecified atom stereocenters. The number of rotatable bonds is 10. The standard InChI is InChI=1S/C29H50N6O7/c1-27(2,3)34-25(40)33-18(13-31-26(41)42-28(4,5)6)24(39)35-14-16-19(29(16,7)8)20(35)23(38)32-17(21(36)22(30)37)12-15-10-9-11-15/h15-21,36H,9-14H2,1-8H3,(H2,30,37)(H,31,41)(H,32,38)(H2,33,34,40)/t16?,17?,18-,19?,20-,21?/m0/s1. The second-order valence-corrected chi connectivity index (χ2v) is 14.7. The second-order valence-electron chi connectivity index (χ2n) is 14.7. The van der Waals surface area contributed by atoms with E-state index in [0.717, 1.165) is 19.3 Å². The number of nitrogens with one attached hydrogen (secondary N) is 4. The van der Waals surface area contributed by atoms with Crippen LogP contribution in [0, 0.1) is 23.2 Å². The lowest BCUT2D eigenvalue weighted by molar-refractivity contribution is -0.143. The van der Waals surface area contributed by atoms with Crippen LogP contribution in [0.5, 0.6) is 0 Å². The van der Waals surface area contributed by atoms with Crippen molar-refractivity contribution in [2.45, 2.75) is 116 Å².